The fourth-order valence-electron chi connectivity index (χ4n) is 1.62. The Hall–Kier alpha value is -0.910. The van der Waals surface area contributed by atoms with Crippen LogP contribution in [-0.2, 0) is 10.0 Å². The predicted molar refractivity (Wildman–Crippen MR) is 70.5 cm³/mol. The molecule has 1 aromatic rings. The molecule has 0 saturated carbocycles. The highest BCUT2D eigenvalue weighted by Crippen LogP contribution is 2.17. The van der Waals surface area contributed by atoms with Crippen molar-refractivity contribution in [3.8, 4) is 0 Å². The van der Waals surface area contributed by atoms with Crippen LogP contribution >= 0.6 is 0 Å². The van der Waals surface area contributed by atoms with Crippen molar-refractivity contribution in [2.24, 2.45) is 0 Å². The highest BCUT2D eigenvalue weighted by Gasteiger charge is 2.15. The summed E-state index contributed by atoms with van der Waals surface area (Å²) in [5, 5.41) is 0. The molecule has 1 unspecified atom stereocenters. The van der Waals surface area contributed by atoms with Gasteiger partial charge in [0.25, 0.3) is 0 Å². The van der Waals surface area contributed by atoms with Crippen LogP contribution in [-0.4, -0.2) is 40.2 Å². The molecule has 0 radical (unpaired) electrons. The molecule has 0 aromatic heterocycles. The third-order valence-electron chi connectivity index (χ3n) is 2.62. The lowest BCUT2D eigenvalue weighted by Gasteiger charge is -2.24. The quantitative estimate of drug-likeness (QED) is 0.859. The van der Waals surface area contributed by atoms with Gasteiger partial charge in [0, 0.05) is 12.6 Å². The van der Waals surface area contributed by atoms with Crippen LogP contribution < -0.4 is 4.72 Å². The number of likely N-dealkylation sites (N-methyl/N-ethyl adjacent to an activating group) is 1. The molecule has 5 heteroatoms. The van der Waals surface area contributed by atoms with Crippen molar-refractivity contribution in [3.63, 3.8) is 0 Å². The van der Waals surface area contributed by atoms with E-state index in [1.165, 1.54) is 11.8 Å². The van der Waals surface area contributed by atoms with Crippen molar-refractivity contribution in [1.82, 2.24) is 9.62 Å². The van der Waals surface area contributed by atoms with Gasteiger partial charge in [-0.25, -0.2) is 13.1 Å². The maximum absolute atomic E-state index is 11.1. The molecule has 96 valence electrons. The Labute approximate surface area is 104 Å². The fraction of sp³-hybridized carbons (Fsp3) is 0.500. The minimum absolute atomic E-state index is 0.0466. The second-order valence-electron chi connectivity index (χ2n) is 4.51. The first-order chi connectivity index (χ1) is 7.79. The zero-order chi connectivity index (χ0) is 13.1. The average molecular weight is 256 g/mol. The maximum atomic E-state index is 11.1. The molecule has 0 aliphatic rings. The summed E-state index contributed by atoms with van der Waals surface area (Å²) in [7, 11) is 0.732. The number of hydrogen-bond acceptors (Lipinski definition) is 3. The largest absolute Gasteiger partial charge is 0.301 e. The minimum atomic E-state index is -3.15. The van der Waals surface area contributed by atoms with Crippen LogP contribution in [0.1, 0.15) is 17.2 Å². The summed E-state index contributed by atoms with van der Waals surface area (Å²) in [6, 6.07) is 8.18. The van der Waals surface area contributed by atoms with Crippen molar-refractivity contribution in [2.45, 2.75) is 13.0 Å². The number of aryl methyl sites for hydroxylation is 1. The van der Waals surface area contributed by atoms with E-state index >= 15 is 0 Å². The second kappa shape index (κ2) is 5.62. The van der Waals surface area contributed by atoms with E-state index in [0.717, 1.165) is 5.56 Å². The monoisotopic (exact) mass is 256 g/mol. The molecule has 0 amide bonds. The summed E-state index contributed by atoms with van der Waals surface area (Å²) >= 11 is 0. The Bertz CT molecular complexity index is 452. The van der Waals surface area contributed by atoms with Crippen molar-refractivity contribution >= 4 is 10.0 Å². The lowest BCUT2D eigenvalue weighted by molar-refractivity contribution is 0.299. The topological polar surface area (TPSA) is 49.4 Å². The second-order valence-corrected chi connectivity index (χ2v) is 6.34. The zero-order valence-electron chi connectivity index (χ0n) is 10.8. The van der Waals surface area contributed by atoms with Crippen molar-refractivity contribution in [1.29, 1.82) is 0 Å². The van der Waals surface area contributed by atoms with E-state index in [9.17, 15) is 8.42 Å². The van der Waals surface area contributed by atoms with Crippen LogP contribution in [0.4, 0.5) is 0 Å². The molecule has 0 aliphatic heterocycles. The van der Waals surface area contributed by atoms with E-state index in [1.807, 2.05) is 50.2 Å². The van der Waals surface area contributed by atoms with Crippen LogP contribution in [0.15, 0.2) is 24.3 Å². The number of nitrogens with zero attached hydrogens (tertiary/aromatic N) is 1. The highest BCUT2D eigenvalue weighted by molar-refractivity contribution is 7.88. The molecule has 0 spiro atoms. The maximum Gasteiger partial charge on any atom is 0.208 e. The molecule has 0 saturated heterocycles. The first kappa shape index (κ1) is 14.2. The van der Waals surface area contributed by atoms with E-state index in [1.54, 1.807) is 0 Å². The van der Waals surface area contributed by atoms with Crippen molar-refractivity contribution in [3.05, 3.63) is 35.4 Å². The Morgan fingerprint density at radius 3 is 2.18 bits per heavy atom. The minimum Gasteiger partial charge on any atom is -0.301 e. The molecular formula is C12H20N2O2S. The van der Waals surface area contributed by atoms with E-state index in [2.05, 4.69) is 4.72 Å². The van der Waals surface area contributed by atoms with Crippen LogP contribution in [0.2, 0.25) is 0 Å². The van der Waals surface area contributed by atoms with E-state index in [0.29, 0.717) is 6.54 Å². The number of sulfonamides is 1. The lowest BCUT2D eigenvalue weighted by Crippen LogP contribution is -2.33. The Morgan fingerprint density at radius 1 is 1.24 bits per heavy atom. The predicted octanol–water partition coefficient (Wildman–Crippen LogP) is 1.15. The summed E-state index contributed by atoms with van der Waals surface area (Å²) in [5.74, 6) is 0. The number of rotatable bonds is 5. The summed E-state index contributed by atoms with van der Waals surface area (Å²) in [4.78, 5) is 2.00. The summed E-state index contributed by atoms with van der Waals surface area (Å²) in [5.41, 5.74) is 2.30. The molecule has 4 nitrogen and oxygen atoms in total. The molecular weight excluding hydrogens is 236 g/mol. The third kappa shape index (κ3) is 4.85. The SMILES string of the molecule is Cc1ccc(C(CNS(C)(=O)=O)N(C)C)cc1. The van der Waals surface area contributed by atoms with Gasteiger partial charge < -0.3 is 4.90 Å². The van der Waals surface area contributed by atoms with E-state index in [4.69, 9.17) is 0 Å². The lowest BCUT2D eigenvalue weighted by atomic mass is 10.0. The van der Waals surface area contributed by atoms with Crippen LogP contribution in [0.25, 0.3) is 0 Å². The molecule has 0 fully saturated rings. The first-order valence-corrected chi connectivity index (χ1v) is 7.36. The van der Waals surface area contributed by atoms with Gasteiger partial charge in [0.05, 0.1) is 6.26 Å². The summed E-state index contributed by atoms with van der Waals surface area (Å²) in [6.07, 6.45) is 1.18. The van der Waals surface area contributed by atoms with Gasteiger partial charge in [-0.15, -0.1) is 0 Å². The number of benzene rings is 1. The van der Waals surface area contributed by atoms with Crippen LogP contribution in [0, 0.1) is 6.92 Å². The van der Waals surface area contributed by atoms with Crippen molar-refractivity contribution < 1.29 is 8.42 Å². The first-order valence-electron chi connectivity index (χ1n) is 5.47. The average Bonchev–Trinajstić information content (AvgIpc) is 2.18. The van der Waals surface area contributed by atoms with Gasteiger partial charge in [0.2, 0.25) is 10.0 Å². The van der Waals surface area contributed by atoms with E-state index in [-0.39, 0.29) is 6.04 Å². The Kier molecular flexibility index (Phi) is 4.68. The van der Waals surface area contributed by atoms with Gasteiger partial charge in [-0.2, -0.15) is 0 Å². The number of hydrogen-bond donors (Lipinski definition) is 1. The van der Waals surface area contributed by atoms with Gasteiger partial charge in [-0.1, -0.05) is 29.8 Å². The van der Waals surface area contributed by atoms with Gasteiger partial charge in [0.15, 0.2) is 0 Å². The molecule has 1 rings (SSSR count). The molecule has 1 atom stereocenters. The third-order valence-corrected chi connectivity index (χ3v) is 3.32. The van der Waals surface area contributed by atoms with Crippen LogP contribution in [0.3, 0.4) is 0 Å². The fourth-order valence-corrected chi connectivity index (χ4v) is 2.08. The molecule has 1 aromatic carbocycles. The van der Waals surface area contributed by atoms with E-state index < -0.39 is 10.0 Å². The van der Waals surface area contributed by atoms with Crippen molar-refractivity contribution in [2.75, 3.05) is 26.9 Å². The van der Waals surface area contributed by atoms with Crippen LogP contribution in [0.5, 0.6) is 0 Å². The Morgan fingerprint density at radius 2 is 1.76 bits per heavy atom. The molecule has 0 heterocycles. The molecule has 0 aliphatic carbocycles. The van der Waals surface area contributed by atoms with Gasteiger partial charge in [0.1, 0.15) is 0 Å². The standard InChI is InChI=1S/C12H20N2O2S/c1-10-5-7-11(8-6-10)12(14(2)3)9-13-17(4,15)16/h5-8,12-13H,9H2,1-4H3. The highest BCUT2D eigenvalue weighted by atomic mass is 32.2. The molecule has 1 N–H and O–H groups in total. The van der Waals surface area contributed by atoms with Gasteiger partial charge in [-0.05, 0) is 26.6 Å². The summed E-state index contributed by atoms with van der Waals surface area (Å²) in [6.45, 7) is 2.41. The molecule has 0 bridgehead atoms. The summed E-state index contributed by atoms with van der Waals surface area (Å²) < 4.78 is 24.8. The Balaban J connectivity index is 2.83. The zero-order valence-corrected chi connectivity index (χ0v) is 11.6. The molecule has 17 heavy (non-hydrogen) atoms. The van der Waals surface area contributed by atoms with Gasteiger partial charge >= 0.3 is 0 Å². The number of nitrogens with one attached hydrogen (secondary N) is 1. The normalized spacial score (nSPS) is 13.9. The smallest absolute Gasteiger partial charge is 0.208 e. The van der Waals surface area contributed by atoms with Gasteiger partial charge in [-0.3, -0.25) is 0 Å².